The number of nitrogens with zero attached hydrogens (tertiary/aromatic N) is 1. The molecule has 1 fully saturated rings. The fourth-order valence-corrected chi connectivity index (χ4v) is 2.04. The third kappa shape index (κ3) is 3.63. The molecular weight excluding hydrogens is 166 g/mol. The maximum Gasteiger partial charge on any atom is 0.0834 e. The van der Waals surface area contributed by atoms with Gasteiger partial charge in [-0.3, -0.25) is 0 Å². The highest BCUT2D eigenvalue weighted by molar-refractivity contribution is 4.78. The van der Waals surface area contributed by atoms with E-state index in [1.807, 2.05) is 0 Å². The van der Waals surface area contributed by atoms with Crippen LogP contribution in [0.3, 0.4) is 0 Å². The highest BCUT2D eigenvalue weighted by Crippen LogP contribution is 2.19. The SMILES string of the molecule is COCCC1CCCN1CCC[O]. The molecule has 3 heteroatoms. The van der Waals surface area contributed by atoms with E-state index in [4.69, 9.17) is 4.74 Å². The van der Waals surface area contributed by atoms with Crippen LogP contribution < -0.4 is 0 Å². The van der Waals surface area contributed by atoms with Crippen molar-refractivity contribution in [2.45, 2.75) is 31.7 Å². The summed E-state index contributed by atoms with van der Waals surface area (Å²) in [4.78, 5) is 2.44. The minimum atomic E-state index is 0.0630. The number of ether oxygens (including phenoxy) is 1. The number of hydrogen-bond donors (Lipinski definition) is 0. The minimum absolute atomic E-state index is 0.0630. The third-order valence-electron chi connectivity index (χ3n) is 2.74. The van der Waals surface area contributed by atoms with Crippen molar-refractivity contribution >= 4 is 0 Å². The van der Waals surface area contributed by atoms with Gasteiger partial charge in [-0.15, -0.1) is 0 Å². The summed E-state index contributed by atoms with van der Waals surface area (Å²) in [6, 6.07) is 0.673. The van der Waals surface area contributed by atoms with E-state index in [0.29, 0.717) is 6.04 Å². The molecule has 1 aliphatic heterocycles. The molecule has 1 heterocycles. The van der Waals surface area contributed by atoms with Crippen molar-refractivity contribution in [1.29, 1.82) is 0 Å². The highest BCUT2D eigenvalue weighted by Gasteiger charge is 2.22. The fourth-order valence-electron chi connectivity index (χ4n) is 2.04. The molecule has 13 heavy (non-hydrogen) atoms. The van der Waals surface area contributed by atoms with E-state index in [9.17, 15) is 5.11 Å². The van der Waals surface area contributed by atoms with Crippen molar-refractivity contribution in [3.05, 3.63) is 0 Å². The summed E-state index contributed by atoms with van der Waals surface area (Å²) < 4.78 is 5.07. The average Bonchev–Trinajstić information content (AvgIpc) is 2.59. The molecule has 1 radical (unpaired) electrons. The van der Waals surface area contributed by atoms with Gasteiger partial charge in [0, 0.05) is 26.3 Å². The number of methoxy groups -OCH3 is 1. The van der Waals surface area contributed by atoms with Crippen LogP contribution in [0.15, 0.2) is 0 Å². The molecule has 0 saturated carbocycles. The van der Waals surface area contributed by atoms with Gasteiger partial charge in [0.1, 0.15) is 0 Å². The zero-order valence-electron chi connectivity index (χ0n) is 8.50. The Bertz CT molecular complexity index is 116. The van der Waals surface area contributed by atoms with Crippen molar-refractivity contribution in [3.63, 3.8) is 0 Å². The fraction of sp³-hybridized carbons (Fsp3) is 1.00. The first-order valence-electron chi connectivity index (χ1n) is 5.19. The summed E-state index contributed by atoms with van der Waals surface area (Å²) >= 11 is 0. The lowest BCUT2D eigenvalue weighted by atomic mass is 10.1. The quantitative estimate of drug-likeness (QED) is 0.626. The van der Waals surface area contributed by atoms with Gasteiger partial charge < -0.3 is 9.64 Å². The monoisotopic (exact) mass is 186 g/mol. The second-order valence-corrected chi connectivity index (χ2v) is 3.67. The van der Waals surface area contributed by atoms with Crippen LogP contribution >= 0.6 is 0 Å². The Morgan fingerprint density at radius 1 is 1.54 bits per heavy atom. The predicted octanol–water partition coefficient (Wildman–Crippen LogP) is 1.31. The Labute approximate surface area is 80.7 Å². The van der Waals surface area contributed by atoms with Crippen LogP contribution in [-0.4, -0.2) is 44.4 Å². The van der Waals surface area contributed by atoms with Crippen LogP contribution in [0.5, 0.6) is 0 Å². The standard InChI is InChI=1S/C10H20NO2/c1-13-9-5-10-4-2-6-11(10)7-3-8-12/h10H,2-9H2,1H3. The molecule has 1 saturated heterocycles. The molecule has 77 valence electrons. The smallest absolute Gasteiger partial charge is 0.0834 e. The lowest BCUT2D eigenvalue weighted by Crippen LogP contribution is -2.31. The lowest BCUT2D eigenvalue weighted by Gasteiger charge is -2.23. The minimum Gasteiger partial charge on any atom is -0.385 e. The molecule has 1 unspecified atom stereocenters. The Balaban J connectivity index is 2.18. The van der Waals surface area contributed by atoms with Gasteiger partial charge in [-0.05, 0) is 32.2 Å². The molecule has 0 N–H and O–H groups in total. The summed E-state index contributed by atoms with van der Waals surface area (Å²) in [5.74, 6) is 0. The number of rotatable bonds is 6. The molecule has 0 spiro atoms. The molecule has 0 aromatic rings. The first kappa shape index (κ1) is 11.0. The molecule has 0 aliphatic carbocycles. The Morgan fingerprint density at radius 2 is 2.38 bits per heavy atom. The van der Waals surface area contributed by atoms with Crippen molar-refractivity contribution in [3.8, 4) is 0 Å². The summed E-state index contributed by atoms with van der Waals surface area (Å²) in [5, 5.41) is 10.4. The Kier molecular flexibility index (Phi) is 5.35. The Hall–Kier alpha value is -0.120. The largest absolute Gasteiger partial charge is 0.385 e. The van der Waals surface area contributed by atoms with E-state index in [-0.39, 0.29) is 6.61 Å². The van der Waals surface area contributed by atoms with Crippen LogP contribution in [0, 0.1) is 0 Å². The van der Waals surface area contributed by atoms with Gasteiger partial charge in [0.05, 0.1) is 6.61 Å². The lowest BCUT2D eigenvalue weighted by molar-refractivity contribution is 0.135. The van der Waals surface area contributed by atoms with Crippen molar-refractivity contribution < 1.29 is 9.84 Å². The molecular formula is C10H20NO2. The number of hydrogen-bond acceptors (Lipinski definition) is 2. The maximum atomic E-state index is 10.4. The van der Waals surface area contributed by atoms with Crippen molar-refractivity contribution in [1.82, 2.24) is 4.90 Å². The van der Waals surface area contributed by atoms with Crippen LogP contribution in [0.2, 0.25) is 0 Å². The molecule has 3 nitrogen and oxygen atoms in total. The molecule has 0 amide bonds. The van der Waals surface area contributed by atoms with Crippen LogP contribution in [0.4, 0.5) is 0 Å². The zero-order chi connectivity index (χ0) is 9.52. The van der Waals surface area contributed by atoms with E-state index < -0.39 is 0 Å². The Morgan fingerprint density at radius 3 is 3.08 bits per heavy atom. The molecule has 0 bridgehead atoms. The van der Waals surface area contributed by atoms with E-state index in [1.54, 1.807) is 7.11 Å². The zero-order valence-corrected chi connectivity index (χ0v) is 8.50. The van der Waals surface area contributed by atoms with Crippen LogP contribution in [0.1, 0.15) is 25.7 Å². The molecule has 1 atom stereocenters. The second kappa shape index (κ2) is 6.35. The average molecular weight is 186 g/mol. The van der Waals surface area contributed by atoms with Gasteiger partial charge in [-0.1, -0.05) is 0 Å². The van der Waals surface area contributed by atoms with Crippen LogP contribution in [0.25, 0.3) is 0 Å². The van der Waals surface area contributed by atoms with E-state index in [2.05, 4.69) is 4.90 Å². The molecule has 1 rings (SSSR count). The molecule has 0 aromatic heterocycles. The van der Waals surface area contributed by atoms with Crippen molar-refractivity contribution in [2.24, 2.45) is 0 Å². The summed E-state index contributed by atoms with van der Waals surface area (Å²) in [6.07, 6.45) is 4.48. The second-order valence-electron chi connectivity index (χ2n) is 3.67. The van der Waals surface area contributed by atoms with Gasteiger partial charge >= 0.3 is 0 Å². The van der Waals surface area contributed by atoms with Gasteiger partial charge in [0.25, 0.3) is 0 Å². The topological polar surface area (TPSA) is 32.4 Å². The van der Waals surface area contributed by atoms with Gasteiger partial charge in [-0.2, -0.15) is 0 Å². The van der Waals surface area contributed by atoms with E-state index >= 15 is 0 Å². The maximum absolute atomic E-state index is 10.4. The normalized spacial score (nSPS) is 24.0. The molecule has 0 aromatic carbocycles. The van der Waals surface area contributed by atoms with E-state index in [0.717, 1.165) is 26.0 Å². The third-order valence-corrected chi connectivity index (χ3v) is 2.74. The summed E-state index contributed by atoms with van der Waals surface area (Å²) in [5.41, 5.74) is 0. The highest BCUT2D eigenvalue weighted by atomic mass is 16.5. The van der Waals surface area contributed by atoms with Gasteiger partial charge in [0.2, 0.25) is 0 Å². The summed E-state index contributed by atoms with van der Waals surface area (Å²) in [7, 11) is 1.75. The first-order valence-corrected chi connectivity index (χ1v) is 5.19. The first-order chi connectivity index (χ1) is 6.38. The van der Waals surface area contributed by atoms with Crippen LogP contribution in [-0.2, 0) is 9.84 Å². The van der Waals surface area contributed by atoms with Gasteiger partial charge in [-0.25, -0.2) is 5.11 Å². The molecule has 1 aliphatic rings. The number of likely N-dealkylation sites (tertiary alicyclic amines) is 1. The van der Waals surface area contributed by atoms with E-state index in [1.165, 1.54) is 19.4 Å². The summed E-state index contributed by atoms with van der Waals surface area (Å²) in [6.45, 7) is 3.07. The predicted molar refractivity (Wildman–Crippen MR) is 51.3 cm³/mol. The van der Waals surface area contributed by atoms with Crippen molar-refractivity contribution in [2.75, 3.05) is 33.4 Å². The van der Waals surface area contributed by atoms with Gasteiger partial charge in [0.15, 0.2) is 0 Å².